The highest BCUT2D eigenvalue weighted by Crippen LogP contribution is 2.37. The van der Waals surface area contributed by atoms with Crippen molar-refractivity contribution in [2.75, 3.05) is 65.7 Å². The predicted molar refractivity (Wildman–Crippen MR) is 197 cm³/mol. The van der Waals surface area contributed by atoms with E-state index in [1.54, 1.807) is 12.1 Å². The number of carbonyl (C=O) groups excluding carboxylic acids is 2. The first kappa shape index (κ1) is 40.7. The lowest BCUT2D eigenvalue weighted by Crippen LogP contribution is -2.47. The van der Waals surface area contributed by atoms with E-state index in [0.29, 0.717) is 50.4 Å². The summed E-state index contributed by atoms with van der Waals surface area (Å²) in [6.07, 6.45) is 1.57. The molecule has 0 bridgehead atoms. The van der Waals surface area contributed by atoms with E-state index < -0.39 is 49.1 Å². The lowest BCUT2D eigenvalue weighted by atomic mass is 9.79. The fourth-order valence-electron chi connectivity index (χ4n) is 7.15. The predicted octanol–water partition coefficient (Wildman–Crippen LogP) is 0.730. The standard InChI is InChI=1S/C39H55N5O8/c1-27-16-30(34(49)32(18-27)38(23-45,24-46)36(40)51)21-42-10-6-12-43(20-29-8-4-3-5-9-29)14-15-44(13-7-11-42)22-31-17-28(2)19-33(35(31)50)39(25-47,26-48)37(41)52/h3-5,8-9,16-19,45-50H,6-7,10-15,20-26H2,1-2H3,(H2,40,51)(H2,41,52). The Labute approximate surface area is 305 Å². The molecule has 1 aliphatic heterocycles. The van der Waals surface area contributed by atoms with Crippen LogP contribution in [0.15, 0.2) is 54.6 Å². The number of aromatic hydroxyl groups is 2. The van der Waals surface area contributed by atoms with Crippen molar-refractivity contribution in [1.82, 2.24) is 14.7 Å². The SMILES string of the molecule is Cc1cc(CN2CCCN(Cc3ccccc3)CCN(Cc3cc(C)cc(C(CO)(CO)C(N)=O)c3O)CCC2)c(O)c(C(CO)(CO)C(N)=O)c1. The first-order valence-corrected chi connectivity index (χ1v) is 17.7. The number of aliphatic hydroxyl groups excluding tert-OH is 4. The highest BCUT2D eigenvalue weighted by Gasteiger charge is 2.42. The number of rotatable bonds is 14. The molecule has 1 saturated heterocycles. The molecule has 3 aromatic rings. The van der Waals surface area contributed by atoms with Crippen LogP contribution in [0.3, 0.4) is 0 Å². The minimum Gasteiger partial charge on any atom is -0.507 e. The summed E-state index contributed by atoms with van der Waals surface area (Å²) in [5.41, 5.74) is 11.5. The van der Waals surface area contributed by atoms with E-state index in [2.05, 4.69) is 26.8 Å². The van der Waals surface area contributed by atoms with E-state index in [1.165, 1.54) is 5.56 Å². The van der Waals surface area contributed by atoms with Gasteiger partial charge in [-0.1, -0.05) is 65.7 Å². The van der Waals surface area contributed by atoms with Crippen LogP contribution in [-0.4, -0.2) is 123 Å². The number of nitrogens with two attached hydrogens (primary N) is 2. The molecule has 13 heteroatoms. The normalized spacial score (nSPS) is 16.0. The van der Waals surface area contributed by atoms with Crippen LogP contribution in [0, 0.1) is 13.8 Å². The number of phenolic OH excluding ortho intramolecular Hbond substituents is 2. The Morgan fingerprint density at radius 3 is 1.33 bits per heavy atom. The Morgan fingerprint density at radius 2 is 0.962 bits per heavy atom. The Morgan fingerprint density at radius 1 is 0.596 bits per heavy atom. The third kappa shape index (κ3) is 9.10. The average Bonchev–Trinajstić information content (AvgIpc) is 3.15. The van der Waals surface area contributed by atoms with Crippen LogP contribution >= 0.6 is 0 Å². The van der Waals surface area contributed by atoms with Gasteiger partial charge < -0.3 is 42.1 Å². The number of phenols is 2. The maximum Gasteiger partial charge on any atom is 0.232 e. The molecule has 0 unspecified atom stereocenters. The molecule has 10 N–H and O–H groups in total. The van der Waals surface area contributed by atoms with Crippen LogP contribution in [-0.2, 0) is 40.1 Å². The molecule has 1 heterocycles. The van der Waals surface area contributed by atoms with Crippen LogP contribution < -0.4 is 11.5 Å². The van der Waals surface area contributed by atoms with Gasteiger partial charge in [0.2, 0.25) is 11.8 Å². The quantitative estimate of drug-likeness (QED) is 0.116. The number of aliphatic hydroxyl groups is 4. The maximum atomic E-state index is 12.5. The Balaban J connectivity index is 1.65. The molecule has 0 aromatic heterocycles. The zero-order valence-electron chi connectivity index (χ0n) is 30.3. The van der Waals surface area contributed by atoms with Crippen molar-refractivity contribution in [3.63, 3.8) is 0 Å². The van der Waals surface area contributed by atoms with Gasteiger partial charge >= 0.3 is 0 Å². The second-order valence-corrected chi connectivity index (χ2v) is 14.2. The number of amides is 2. The van der Waals surface area contributed by atoms with E-state index >= 15 is 0 Å². The Kier molecular flexibility index (Phi) is 14.2. The molecule has 0 aliphatic carbocycles. The van der Waals surface area contributed by atoms with Crippen molar-refractivity contribution >= 4 is 11.8 Å². The van der Waals surface area contributed by atoms with Gasteiger partial charge in [-0.25, -0.2) is 0 Å². The van der Waals surface area contributed by atoms with E-state index in [1.807, 2.05) is 44.2 Å². The molecule has 3 aromatic carbocycles. The minimum absolute atomic E-state index is 0.0924. The van der Waals surface area contributed by atoms with E-state index in [0.717, 1.165) is 43.6 Å². The fourth-order valence-corrected chi connectivity index (χ4v) is 7.15. The molecular weight excluding hydrogens is 666 g/mol. The maximum absolute atomic E-state index is 12.5. The Hall–Kier alpha value is -4.08. The van der Waals surface area contributed by atoms with E-state index in [9.17, 15) is 40.2 Å². The highest BCUT2D eigenvalue weighted by molar-refractivity contribution is 5.89. The van der Waals surface area contributed by atoms with Crippen molar-refractivity contribution in [2.45, 2.75) is 57.2 Å². The van der Waals surface area contributed by atoms with Gasteiger partial charge in [0.15, 0.2) is 0 Å². The first-order valence-electron chi connectivity index (χ1n) is 17.7. The van der Waals surface area contributed by atoms with E-state index in [4.69, 9.17) is 11.5 Å². The molecule has 284 valence electrons. The molecule has 1 aliphatic rings. The number of carbonyl (C=O) groups is 2. The third-order valence-corrected chi connectivity index (χ3v) is 10.4. The monoisotopic (exact) mass is 721 g/mol. The lowest BCUT2D eigenvalue weighted by Gasteiger charge is -2.31. The van der Waals surface area contributed by atoms with Gasteiger partial charge in [0.25, 0.3) is 0 Å². The molecule has 0 saturated carbocycles. The summed E-state index contributed by atoms with van der Waals surface area (Å²) in [6, 6.07) is 17.0. The average molecular weight is 722 g/mol. The molecule has 52 heavy (non-hydrogen) atoms. The summed E-state index contributed by atoms with van der Waals surface area (Å²) in [7, 11) is 0. The molecule has 0 spiro atoms. The van der Waals surface area contributed by atoms with Gasteiger partial charge in [-0.05, 0) is 58.4 Å². The number of hydrogen-bond donors (Lipinski definition) is 8. The van der Waals surface area contributed by atoms with E-state index in [-0.39, 0.29) is 22.6 Å². The summed E-state index contributed by atoms with van der Waals surface area (Å²) >= 11 is 0. The van der Waals surface area contributed by atoms with Crippen molar-refractivity contribution in [2.24, 2.45) is 11.5 Å². The van der Waals surface area contributed by atoms with Crippen molar-refractivity contribution in [3.05, 3.63) is 93.5 Å². The second-order valence-electron chi connectivity index (χ2n) is 14.2. The highest BCUT2D eigenvalue weighted by atomic mass is 16.3. The van der Waals surface area contributed by atoms with Crippen molar-refractivity contribution < 1.29 is 40.2 Å². The summed E-state index contributed by atoms with van der Waals surface area (Å²) < 4.78 is 0. The van der Waals surface area contributed by atoms with Crippen molar-refractivity contribution in [3.8, 4) is 11.5 Å². The van der Waals surface area contributed by atoms with Gasteiger partial charge in [-0.3, -0.25) is 24.3 Å². The smallest absolute Gasteiger partial charge is 0.232 e. The summed E-state index contributed by atoms with van der Waals surface area (Å²) in [5.74, 6) is -2.24. The first-order chi connectivity index (χ1) is 24.8. The minimum atomic E-state index is -1.84. The summed E-state index contributed by atoms with van der Waals surface area (Å²) in [6.45, 7) is 6.26. The van der Waals surface area contributed by atoms with Gasteiger partial charge in [-0.15, -0.1) is 0 Å². The Bertz CT molecular complexity index is 1660. The van der Waals surface area contributed by atoms with Gasteiger partial charge in [0.05, 0.1) is 26.4 Å². The summed E-state index contributed by atoms with van der Waals surface area (Å²) in [5, 5.41) is 63.4. The number of primary amides is 2. The van der Waals surface area contributed by atoms with Crippen LogP contribution in [0.2, 0.25) is 0 Å². The zero-order chi connectivity index (χ0) is 38.1. The van der Waals surface area contributed by atoms with Gasteiger partial charge in [0.1, 0.15) is 22.3 Å². The topological polar surface area (TPSA) is 217 Å². The lowest BCUT2D eigenvalue weighted by molar-refractivity contribution is -0.127. The molecule has 13 nitrogen and oxygen atoms in total. The largest absolute Gasteiger partial charge is 0.507 e. The molecule has 1 fully saturated rings. The van der Waals surface area contributed by atoms with Crippen LogP contribution in [0.1, 0.15) is 51.8 Å². The van der Waals surface area contributed by atoms with Crippen LogP contribution in [0.25, 0.3) is 0 Å². The van der Waals surface area contributed by atoms with Crippen molar-refractivity contribution in [1.29, 1.82) is 0 Å². The zero-order valence-corrected chi connectivity index (χ0v) is 30.3. The second kappa shape index (κ2) is 18.1. The number of benzene rings is 3. The van der Waals surface area contributed by atoms with Crippen LogP contribution in [0.4, 0.5) is 0 Å². The molecular formula is C39H55N5O8. The number of hydrogen-bond acceptors (Lipinski definition) is 11. The molecule has 4 rings (SSSR count). The number of aryl methyl sites for hydroxylation is 2. The summed E-state index contributed by atoms with van der Waals surface area (Å²) in [4.78, 5) is 31.8. The van der Waals surface area contributed by atoms with Gasteiger partial charge in [0, 0.05) is 55.0 Å². The van der Waals surface area contributed by atoms with Crippen LogP contribution in [0.5, 0.6) is 11.5 Å². The fraction of sp³-hybridized carbons (Fsp3) is 0.487. The molecule has 2 amide bonds. The third-order valence-electron chi connectivity index (χ3n) is 10.4. The molecule has 0 radical (unpaired) electrons. The molecule has 0 atom stereocenters. The van der Waals surface area contributed by atoms with Gasteiger partial charge in [-0.2, -0.15) is 0 Å². The number of nitrogens with zero attached hydrogens (tertiary/aromatic N) is 3.